The van der Waals surface area contributed by atoms with Crippen molar-refractivity contribution < 1.29 is 23.8 Å². The lowest BCUT2D eigenvalue weighted by Gasteiger charge is -2.13. The molecule has 11 heteroatoms. The number of anilines is 1. The molecular formula is C27H23FN4O4S2. The van der Waals surface area contributed by atoms with Crippen molar-refractivity contribution in [3.63, 3.8) is 0 Å². The van der Waals surface area contributed by atoms with Crippen LogP contribution >= 0.6 is 23.6 Å². The number of likely N-dealkylation sites (tertiary alicyclic amines) is 1. The van der Waals surface area contributed by atoms with Crippen molar-refractivity contribution in [3.05, 3.63) is 83.1 Å². The second kappa shape index (κ2) is 11.2. The molecule has 1 aliphatic rings. The number of carbonyl (C=O) groups excluding carboxylic acids is 2. The fourth-order valence-corrected chi connectivity index (χ4v) is 5.34. The molecule has 2 aromatic carbocycles. The lowest BCUT2D eigenvalue weighted by atomic mass is 10.1. The first-order chi connectivity index (χ1) is 18.4. The third kappa shape index (κ3) is 5.96. The van der Waals surface area contributed by atoms with Crippen LogP contribution in [0.15, 0.2) is 66.9 Å². The molecule has 0 saturated carbocycles. The van der Waals surface area contributed by atoms with E-state index in [9.17, 15) is 19.1 Å². The Labute approximate surface area is 227 Å². The number of pyridine rings is 1. The van der Waals surface area contributed by atoms with Crippen molar-refractivity contribution >= 4 is 56.4 Å². The SMILES string of the molecule is O=C(Cc1ccccc1)NC(=S)Nc1ccc(Oc2ccnc3cc(C(=O)N4CC[C@@H](O)C4)sc23)c(F)c1. The highest BCUT2D eigenvalue weighted by atomic mass is 32.1. The molecule has 194 valence electrons. The van der Waals surface area contributed by atoms with E-state index in [0.29, 0.717) is 46.0 Å². The number of hydrogen-bond donors (Lipinski definition) is 3. The van der Waals surface area contributed by atoms with Crippen LogP contribution in [0.5, 0.6) is 11.5 Å². The number of nitrogens with zero attached hydrogens (tertiary/aromatic N) is 2. The van der Waals surface area contributed by atoms with Crippen LogP contribution in [0, 0.1) is 5.82 Å². The summed E-state index contributed by atoms with van der Waals surface area (Å²) in [6, 6.07) is 16.8. The summed E-state index contributed by atoms with van der Waals surface area (Å²) >= 11 is 6.40. The average Bonchev–Trinajstić information content (AvgIpc) is 3.52. The third-order valence-corrected chi connectivity index (χ3v) is 7.24. The number of fused-ring (bicyclic) bond motifs is 1. The van der Waals surface area contributed by atoms with E-state index in [1.807, 2.05) is 30.3 Å². The highest BCUT2D eigenvalue weighted by Crippen LogP contribution is 2.36. The zero-order valence-electron chi connectivity index (χ0n) is 20.0. The van der Waals surface area contributed by atoms with E-state index in [1.54, 1.807) is 23.1 Å². The minimum absolute atomic E-state index is 0.0222. The van der Waals surface area contributed by atoms with E-state index in [1.165, 1.54) is 29.7 Å². The number of ether oxygens (including phenoxy) is 1. The maximum atomic E-state index is 14.9. The van der Waals surface area contributed by atoms with Gasteiger partial charge in [0.15, 0.2) is 16.7 Å². The topological polar surface area (TPSA) is 104 Å². The standard InChI is InChI=1S/C27H23FN4O4S2/c28-19-13-17(30-27(37)31-24(34)12-16-4-2-1-3-5-16)6-7-21(19)36-22-8-10-29-20-14-23(38-25(20)22)26(35)32-11-9-18(33)15-32/h1-8,10,13-14,18,33H,9,11-12,15H2,(H2,30,31,34,37)/t18-/m1/s1. The third-order valence-electron chi connectivity index (χ3n) is 5.91. The van der Waals surface area contributed by atoms with Gasteiger partial charge < -0.3 is 25.4 Å². The maximum absolute atomic E-state index is 14.9. The highest BCUT2D eigenvalue weighted by molar-refractivity contribution is 7.80. The molecule has 38 heavy (non-hydrogen) atoms. The Balaban J connectivity index is 1.24. The van der Waals surface area contributed by atoms with Crippen molar-refractivity contribution in [2.45, 2.75) is 18.9 Å². The van der Waals surface area contributed by atoms with E-state index in [2.05, 4.69) is 15.6 Å². The zero-order chi connectivity index (χ0) is 26.6. The summed E-state index contributed by atoms with van der Waals surface area (Å²) in [6.45, 7) is 0.798. The number of aliphatic hydroxyl groups excluding tert-OH is 1. The molecule has 3 N–H and O–H groups in total. The number of hydrogen-bond acceptors (Lipinski definition) is 7. The van der Waals surface area contributed by atoms with Crippen molar-refractivity contribution in [1.29, 1.82) is 0 Å². The van der Waals surface area contributed by atoms with Crippen LogP contribution in [0.1, 0.15) is 21.7 Å². The monoisotopic (exact) mass is 550 g/mol. The number of amides is 2. The van der Waals surface area contributed by atoms with Gasteiger partial charge in [0.2, 0.25) is 5.91 Å². The molecule has 8 nitrogen and oxygen atoms in total. The minimum atomic E-state index is -0.641. The number of β-amino-alcohol motifs (C(OH)–C–C–N with tert-alkyl or cyclic N) is 1. The number of thiophene rings is 1. The first-order valence-corrected chi connectivity index (χ1v) is 13.1. The Bertz CT molecular complexity index is 1510. The second-order valence-corrected chi connectivity index (χ2v) is 10.2. The molecule has 2 amide bonds. The van der Waals surface area contributed by atoms with Gasteiger partial charge in [0.25, 0.3) is 5.91 Å². The molecule has 1 saturated heterocycles. The normalized spacial score (nSPS) is 14.9. The maximum Gasteiger partial charge on any atom is 0.264 e. The van der Waals surface area contributed by atoms with Gasteiger partial charge >= 0.3 is 0 Å². The summed E-state index contributed by atoms with van der Waals surface area (Å²) in [5.74, 6) is -0.762. The first-order valence-electron chi connectivity index (χ1n) is 11.8. The van der Waals surface area contributed by atoms with Crippen LogP contribution in [-0.2, 0) is 11.2 Å². The highest BCUT2D eigenvalue weighted by Gasteiger charge is 2.27. The molecule has 0 spiro atoms. The van der Waals surface area contributed by atoms with Gasteiger partial charge in [0.05, 0.1) is 27.6 Å². The fourth-order valence-electron chi connectivity index (χ4n) is 4.08. The Kier molecular flexibility index (Phi) is 7.59. The number of benzene rings is 2. The molecule has 1 fully saturated rings. The lowest BCUT2D eigenvalue weighted by molar-refractivity contribution is -0.119. The Morgan fingerprint density at radius 3 is 2.71 bits per heavy atom. The predicted octanol–water partition coefficient (Wildman–Crippen LogP) is 4.49. The van der Waals surface area contributed by atoms with Gasteiger partial charge in [-0.2, -0.15) is 0 Å². The summed E-state index contributed by atoms with van der Waals surface area (Å²) in [5.41, 5.74) is 1.75. The summed E-state index contributed by atoms with van der Waals surface area (Å²) < 4.78 is 21.4. The fraction of sp³-hybridized carbons (Fsp3) is 0.185. The molecule has 0 bridgehead atoms. The number of nitrogens with one attached hydrogen (secondary N) is 2. The Hall–Kier alpha value is -3.93. The van der Waals surface area contributed by atoms with E-state index in [4.69, 9.17) is 17.0 Å². The van der Waals surface area contributed by atoms with Crippen molar-refractivity contribution in [3.8, 4) is 11.5 Å². The van der Waals surface area contributed by atoms with Crippen molar-refractivity contribution in [2.75, 3.05) is 18.4 Å². The molecule has 1 atom stereocenters. The molecule has 2 aromatic heterocycles. The average molecular weight is 551 g/mol. The smallest absolute Gasteiger partial charge is 0.264 e. The van der Waals surface area contributed by atoms with Crippen LogP contribution in [-0.4, -0.2) is 51.1 Å². The van der Waals surface area contributed by atoms with Crippen LogP contribution in [0.3, 0.4) is 0 Å². The van der Waals surface area contributed by atoms with E-state index in [0.717, 1.165) is 5.56 Å². The number of aliphatic hydroxyl groups is 1. The summed E-state index contributed by atoms with van der Waals surface area (Å²) in [5, 5.41) is 15.2. The number of thiocarbonyl (C=S) groups is 1. The van der Waals surface area contributed by atoms with Gasteiger partial charge in [-0.25, -0.2) is 4.39 Å². The number of halogens is 1. The van der Waals surface area contributed by atoms with Crippen LogP contribution < -0.4 is 15.4 Å². The Morgan fingerprint density at radius 2 is 1.97 bits per heavy atom. The molecule has 1 aliphatic heterocycles. The first kappa shape index (κ1) is 25.7. The van der Waals surface area contributed by atoms with Gasteiger partial charge in [-0.15, -0.1) is 11.3 Å². The van der Waals surface area contributed by atoms with E-state index < -0.39 is 11.9 Å². The molecular weight excluding hydrogens is 527 g/mol. The summed E-state index contributed by atoms with van der Waals surface area (Å²) in [7, 11) is 0. The molecule has 0 aliphatic carbocycles. The van der Waals surface area contributed by atoms with Crippen molar-refractivity contribution in [2.24, 2.45) is 0 Å². The zero-order valence-corrected chi connectivity index (χ0v) is 21.7. The van der Waals surface area contributed by atoms with Crippen LogP contribution in [0.2, 0.25) is 0 Å². The Morgan fingerprint density at radius 1 is 1.16 bits per heavy atom. The van der Waals surface area contributed by atoms with Crippen LogP contribution in [0.4, 0.5) is 10.1 Å². The molecule has 4 aromatic rings. The molecule has 3 heterocycles. The molecule has 0 radical (unpaired) electrons. The lowest BCUT2D eigenvalue weighted by Crippen LogP contribution is -2.35. The van der Waals surface area contributed by atoms with Gasteiger partial charge in [-0.3, -0.25) is 14.6 Å². The quantitative estimate of drug-likeness (QED) is 0.304. The van der Waals surface area contributed by atoms with Crippen LogP contribution in [0.25, 0.3) is 10.2 Å². The van der Waals surface area contributed by atoms with Gasteiger partial charge in [-0.1, -0.05) is 30.3 Å². The number of aromatic nitrogens is 1. The molecule has 5 rings (SSSR count). The van der Waals surface area contributed by atoms with E-state index in [-0.39, 0.29) is 29.1 Å². The van der Waals surface area contributed by atoms with Gasteiger partial charge in [0, 0.05) is 37.1 Å². The summed E-state index contributed by atoms with van der Waals surface area (Å²) in [4.78, 5) is 31.4. The van der Waals surface area contributed by atoms with Gasteiger partial charge in [0.1, 0.15) is 5.75 Å². The summed E-state index contributed by atoms with van der Waals surface area (Å²) in [6.07, 6.45) is 1.74. The molecule has 0 unspecified atom stereocenters. The number of carbonyl (C=O) groups is 2. The van der Waals surface area contributed by atoms with Crippen molar-refractivity contribution in [1.82, 2.24) is 15.2 Å². The van der Waals surface area contributed by atoms with Gasteiger partial charge in [-0.05, 0) is 42.4 Å². The second-order valence-electron chi connectivity index (χ2n) is 8.74. The minimum Gasteiger partial charge on any atom is -0.453 e. The number of rotatable bonds is 6. The predicted molar refractivity (Wildman–Crippen MR) is 147 cm³/mol. The largest absolute Gasteiger partial charge is 0.453 e. The van der Waals surface area contributed by atoms with E-state index >= 15 is 0 Å².